The van der Waals surface area contributed by atoms with Crippen molar-refractivity contribution in [3.05, 3.63) is 46.4 Å². The molecule has 0 aliphatic carbocycles. The summed E-state index contributed by atoms with van der Waals surface area (Å²) in [5.41, 5.74) is 2.34. The number of hydrogen-bond donors (Lipinski definition) is 0. The van der Waals surface area contributed by atoms with Crippen molar-refractivity contribution in [2.45, 2.75) is 0 Å². The summed E-state index contributed by atoms with van der Waals surface area (Å²) in [7, 11) is 0. The van der Waals surface area contributed by atoms with Crippen LogP contribution in [0.25, 0.3) is 11.3 Å². The Bertz CT molecular complexity index is 414. The summed E-state index contributed by atoms with van der Waals surface area (Å²) in [5, 5.41) is 0. The molecule has 0 radical (unpaired) electrons. The van der Waals surface area contributed by atoms with Crippen LogP contribution in [0.5, 0.6) is 0 Å². The smallest absolute Gasteiger partial charge is 0.249 e. The van der Waals surface area contributed by atoms with Crippen LogP contribution >= 0.6 is 45.5 Å². The molecule has 2 nitrogen and oxygen atoms in total. The molecule has 2 heterocycles. The molecule has 14 heavy (non-hydrogen) atoms. The molecule has 2 aromatic heterocycles. The topological polar surface area (TPSA) is 16.8 Å². The number of halogens is 2. The van der Waals surface area contributed by atoms with Gasteiger partial charge in [-0.25, -0.2) is 4.98 Å². The third kappa shape index (κ3) is 2.05. The minimum Gasteiger partial charge on any atom is -0.249 e. The van der Waals surface area contributed by atoms with E-state index in [-0.39, 0.29) is 0 Å². The molecule has 0 saturated carbocycles. The first kappa shape index (κ1) is 10.3. The average molecular weight is 409 g/mol. The Labute approximate surface area is 110 Å². The summed E-state index contributed by atoms with van der Waals surface area (Å²) in [6, 6.07) is 10.2. The molecule has 0 N–H and O–H groups in total. The first-order valence-corrected chi connectivity index (χ1v) is 6.11. The van der Waals surface area contributed by atoms with Gasteiger partial charge in [0.05, 0.1) is 5.56 Å². The van der Waals surface area contributed by atoms with Gasteiger partial charge in [0, 0.05) is 18.3 Å². The van der Waals surface area contributed by atoms with E-state index in [1.165, 1.54) is 11.3 Å². The quantitative estimate of drug-likeness (QED) is 0.523. The Morgan fingerprint density at radius 3 is 2.71 bits per heavy atom. The van der Waals surface area contributed by atoms with E-state index < -0.39 is 0 Å². The first-order valence-electron chi connectivity index (χ1n) is 4.07. The van der Waals surface area contributed by atoms with E-state index in [0.717, 1.165) is 3.70 Å². The van der Waals surface area contributed by atoms with Crippen LogP contribution in [0.3, 0.4) is 0 Å². The van der Waals surface area contributed by atoms with Crippen molar-refractivity contribution in [2.75, 3.05) is 0 Å². The molecule has 0 fully saturated rings. The van der Waals surface area contributed by atoms with E-state index in [0.29, 0.717) is 0 Å². The van der Waals surface area contributed by atoms with E-state index in [2.05, 4.69) is 65.4 Å². The lowest BCUT2D eigenvalue weighted by atomic mass is 10.2. The molecule has 4 heteroatoms. The van der Waals surface area contributed by atoms with Gasteiger partial charge in [-0.2, -0.15) is 0 Å². The number of nitrogens with zero attached hydrogens (tertiary/aromatic N) is 2. The summed E-state index contributed by atoms with van der Waals surface area (Å²) in [6.07, 6.45) is 3.84. The molecule has 70 valence electrons. The van der Waals surface area contributed by atoms with E-state index in [1.54, 1.807) is 0 Å². The molecule has 2 rings (SSSR count). The zero-order valence-corrected chi connectivity index (χ0v) is 11.5. The third-order valence-corrected chi connectivity index (χ3v) is 3.55. The van der Waals surface area contributed by atoms with E-state index >= 15 is 0 Å². The predicted octanol–water partition coefficient (Wildman–Crippen LogP) is 2.84. The molecule has 0 spiro atoms. The Morgan fingerprint density at radius 2 is 2.00 bits per heavy atom. The fourth-order valence-electron chi connectivity index (χ4n) is 1.21. The minimum absolute atomic E-state index is 1.03. The molecule has 0 unspecified atom stereocenters. The van der Waals surface area contributed by atoms with Gasteiger partial charge < -0.3 is 0 Å². The van der Waals surface area contributed by atoms with Gasteiger partial charge in [-0.15, -0.1) is 2.78 Å². The van der Waals surface area contributed by atoms with Crippen LogP contribution in [-0.2, 0) is 0 Å². The molecule has 0 amide bonds. The summed E-state index contributed by atoms with van der Waals surface area (Å²) in [4.78, 5) is 4.27. The van der Waals surface area contributed by atoms with Gasteiger partial charge in [0.25, 0.3) is 0 Å². The van der Waals surface area contributed by atoms with Crippen molar-refractivity contribution in [3.8, 4) is 11.3 Å². The molecule has 0 aliphatic rings. The van der Waals surface area contributed by atoms with Crippen molar-refractivity contribution in [2.24, 2.45) is 0 Å². The van der Waals surface area contributed by atoms with Crippen LogP contribution in [0.2, 0.25) is 0 Å². The predicted molar refractivity (Wildman–Crippen MR) is 72.0 cm³/mol. The van der Waals surface area contributed by atoms with E-state index in [9.17, 15) is 0 Å². The number of rotatable bonds is 1. The van der Waals surface area contributed by atoms with Crippen LogP contribution in [0.4, 0.5) is 0 Å². The van der Waals surface area contributed by atoms with Gasteiger partial charge >= 0.3 is 22.9 Å². The van der Waals surface area contributed by atoms with Crippen molar-refractivity contribution < 1.29 is 2.78 Å². The van der Waals surface area contributed by atoms with Gasteiger partial charge in [0.2, 0.25) is 5.69 Å². The second-order valence-corrected chi connectivity index (χ2v) is 4.80. The van der Waals surface area contributed by atoms with Gasteiger partial charge in [-0.05, 0) is 40.8 Å². The monoisotopic (exact) mass is 409 g/mol. The van der Waals surface area contributed by atoms with Gasteiger partial charge in [0.1, 0.15) is 3.70 Å². The molecular formula is C10H7I2N2+. The highest BCUT2D eigenvalue weighted by Gasteiger charge is 2.12. The highest BCUT2D eigenvalue weighted by Crippen LogP contribution is 2.20. The second kappa shape index (κ2) is 4.52. The fraction of sp³-hybridized carbons (Fsp3) is 0. The molecule has 0 atom stereocenters. The Morgan fingerprint density at radius 1 is 1.14 bits per heavy atom. The van der Waals surface area contributed by atoms with Gasteiger partial charge in [-0.1, -0.05) is 0 Å². The maximum atomic E-state index is 4.27. The summed E-state index contributed by atoms with van der Waals surface area (Å²) < 4.78 is 3.10. The van der Waals surface area contributed by atoms with E-state index in [4.69, 9.17) is 0 Å². The molecule has 0 bridgehead atoms. The minimum atomic E-state index is 1.03. The van der Waals surface area contributed by atoms with Crippen LogP contribution in [0, 0.1) is 3.70 Å². The van der Waals surface area contributed by atoms with Crippen molar-refractivity contribution >= 4 is 45.5 Å². The summed E-state index contributed by atoms with van der Waals surface area (Å²) >= 11 is 4.52. The SMILES string of the molecule is Ic1ncccc1-c1cccc[n+]1I. The molecule has 2 aromatic rings. The van der Waals surface area contributed by atoms with Crippen LogP contribution in [-0.4, -0.2) is 4.98 Å². The van der Waals surface area contributed by atoms with E-state index in [1.807, 2.05) is 30.6 Å². The van der Waals surface area contributed by atoms with Crippen LogP contribution in [0.1, 0.15) is 0 Å². The van der Waals surface area contributed by atoms with Crippen molar-refractivity contribution in [1.82, 2.24) is 4.98 Å². The first-order chi connectivity index (χ1) is 6.79. The lowest BCUT2D eigenvalue weighted by Gasteiger charge is -1.99. The molecule has 0 aliphatic heterocycles. The average Bonchev–Trinajstić information content (AvgIpc) is 2.20. The highest BCUT2D eigenvalue weighted by atomic mass is 127. The Balaban J connectivity index is 2.61. The van der Waals surface area contributed by atoms with Gasteiger partial charge in [0.15, 0.2) is 6.20 Å². The largest absolute Gasteiger partial charge is 0.354 e. The van der Waals surface area contributed by atoms with Crippen molar-refractivity contribution in [3.63, 3.8) is 0 Å². The molecular weight excluding hydrogens is 402 g/mol. The highest BCUT2D eigenvalue weighted by molar-refractivity contribution is 14.1. The van der Waals surface area contributed by atoms with Crippen LogP contribution < -0.4 is 2.78 Å². The molecule has 0 saturated heterocycles. The standard InChI is InChI=1S/C10H7I2N2/c11-10-8(4-3-6-13-10)9-5-1-2-7-14(9)12/h1-7H/q+1. The molecule has 0 aromatic carbocycles. The summed E-state index contributed by atoms with van der Waals surface area (Å²) in [6.45, 7) is 0. The van der Waals surface area contributed by atoms with Gasteiger partial charge in [-0.3, -0.25) is 0 Å². The maximum absolute atomic E-state index is 4.27. The normalized spacial score (nSPS) is 10.1. The number of aromatic nitrogens is 2. The number of pyridine rings is 2. The lowest BCUT2D eigenvalue weighted by molar-refractivity contribution is -0.427. The zero-order valence-electron chi connectivity index (χ0n) is 7.19. The maximum Gasteiger partial charge on any atom is 0.354 e. The third-order valence-electron chi connectivity index (χ3n) is 1.85. The number of hydrogen-bond acceptors (Lipinski definition) is 1. The Kier molecular flexibility index (Phi) is 3.32. The van der Waals surface area contributed by atoms with Crippen molar-refractivity contribution in [1.29, 1.82) is 0 Å². The Hall–Kier alpha value is -0.240. The fourth-order valence-corrected chi connectivity index (χ4v) is 2.43. The lowest BCUT2D eigenvalue weighted by Crippen LogP contribution is -2.21. The summed E-state index contributed by atoms with van der Waals surface area (Å²) in [5.74, 6) is 0. The van der Waals surface area contributed by atoms with Crippen LogP contribution in [0.15, 0.2) is 42.7 Å². The zero-order chi connectivity index (χ0) is 9.97. The second-order valence-electron chi connectivity index (χ2n) is 2.74.